The van der Waals surface area contributed by atoms with Crippen LogP contribution in [0.2, 0.25) is 5.02 Å². The lowest BCUT2D eigenvalue weighted by Gasteiger charge is -2.57. The van der Waals surface area contributed by atoms with E-state index >= 15 is 0 Å². The van der Waals surface area contributed by atoms with Crippen molar-refractivity contribution >= 4 is 11.6 Å². The molecule has 3 saturated heterocycles. The summed E-state index contributed by atoms with van der Waals surface area (Å²) in [6.07, 6.45) is 0.102. The third-order valence-electron chi connectivity index (χ3n) is 4.55. The second-order valence-corrected chi connectivity index (χ2v) is 6.22. The van der Waals surface area contributed by atoms with E-state index in [1.165, 1.54) is 0 Å². The van der Waals surface area contributed by atoms with Crippen LogP contribution in [0.3, 0.4) is 0 Å². The molecule has 104 valence electrons. The zero-order valence-electron chi connectivity index (χ0n) is 11.5. The van der Waals surface area contributed by atoms with Crippen molar-refractivity contribution in [1.82, 2.24) is 0 Å². The number of fused-ring (bicyclic) bond motifs is 3. The van der Waals surface area contributed by atoms with Gasteiger partial charge in [-0.25, -0.2) is 0 Å². The topological polar surface area (TPSA) is 27.7 Å². The van der Waals surface area contributed by atoms with Crippen molar-refractivity contribution in [3.63, 3.8) is 0 Å². The summed E-state index contributed by atoms with van der Waals surface area (Å²) in [5.74, 6) is -0.605. The number of hydrogen-bond donors (Lipinski definition) is 0. The van der Waals surface area contributed by atoms with Crippen LogP contribution in [-0.4, -0.2) is 19.3 Å². The molecule has 3 heterocycles. The highest BCUT2D eigenvalue weighted by Crippen LogP contribution is 2.51. The van der Waals surface area contributed by atoms with E-state index < -0.39 is 5.97 Å². The number of halogens is 1. The fraction of sp³-hybridized carbons (Fsp3) is 0.600. The Morgan fingerprint density at radius 3 is 2.21 bits per heavy atom. The Labute approximate surface area is 118 Å². The zero-order chi connectivity index (χ0) is 13.7. The molecule has 4 heteroatoms. The van der Waals surface area contributed by atoms with Crippen molar-refractivity contribution in [3.05, 3.63) is 34.9 Å². The maximum absolute atomic E-state index is 6.08. The maximum Gasteiger partial charge on any atom is 0.312 e. The molecule has 3 nitrogen and oxygen atoms in total. The molecule has 0 radical (unpaired) electrons. The van der Waals surface area contributed by atoms with Gasteiger partial charge in [-0.2, -0.15) is 0 Å². The summed E-state index contributed by atoms with van der Waals surface area (Å²) in [5, 5.41) is 0.691. The van der Waals surface area contributed by atoms with Gasteiger partial charge in [-0.1, -0.05) is 25.4 Å². The van der Waals surface area contributed by atoms with Crippen molar-refractivity contribution in [2.45, 2.75) is 32.8 Å². The van der Waals surface area contributed by atoms with Gasteiger partial charge in [0.15, 0.2) is 0 Å². The van der Waals surface area contributed by atoms with Crippen LogP contribution in [0.15, 0.2) is 24.3 Å². The summed E-state index contributed by atoms with van der Waals surface area (Å²) in [5.41, 5.74) is 0.814. The first kappa shape index (κ1) is 13.4. The van der Waals surface area contributed by atoms with Crippen molar-refractivity contribution in [2.75, 3.05) is 13.2 Å². The average molecular weight is 283 g/mol. The van der Waals surface area contributed by atoms with Crippen LogP contribution in [0.5, 0.6) is 0 Å². The monoisotopic (exact) mass is 282 g/mol. The van der Waals surface area contributed by atoms with Gasteiger partial charge in [0, 0.05) is 16.0 Å². The molecule has 4 rings (SSSR count). The highest BCUT2D eigenvalue weighted by molar-refractivity contribution is 6.30. The minimum Gasteiger partial charge on any atom is -0.323 e. The Kier molecular flexibility index (Phi) is 3.13. The molecule has 0 saturated carbocycles. The number of rotatable bonds is 2. The van der Waals surface area contributed by atoms with Crippen LogP contribution in [-0.2, 0) is 20.2 Å². The predicted molar refractivity (Wildman–Crippen MR) is 72.9 cm³/mol. The van der Waals surface area contributed by atoms with Gasteiger partial charge in [-0.15, -0.1) is 0 Å². The molecule has 1 aromatic carbocycles. The van der Waals surface area contributed by atoms with Crippen molar-refractivity contribution in [3.8, 4) is 0 Å². The summed E-state index contributed by atoms with van der Waals surface area (Å²) >= 11 is 5.92. The molecular weight excluding hydrogens is 264 g/mol. The van der Waals surface area contributed by atoms with Gasteiger partial charge in [0.05, 0.1) is 19.3 Å². The minimum atomic E-state index is -1.05. The lowest BCUT2D eigenvalue weighted by molar-refractivity contribution is -0.502. The summed E-state index contributed by atoms with van der Waals surface area (Å²) < 4.78 is 18.0. The maximum atomic E-state index is 6.08. The minimum absolute atomic E-state index is 0.0474. The van der Waals surface area contributed by atoms with Crippen molar-refractivity contribution in [1.29, 1.82) is 0 Å². The van der Waals surface area contributed by atoms with Crippen LogP contribution in [0, 0.1) is 11.3 Å². The van der Waals surface area contributed by atoms with Gasteiger partial charge in [0.1, 0.15) is 0 Å². The van der Waals surface area contributed by atoms with Crippen molar-refractivity contribution in [2.24, 2.45) is 11.3 Å². The quantitative estimate of drug-likeness (QED) is 0.830. The standard InChI is InChI=1S/C15H19ClO3/c1-10(2)14-8-17-15(18-9-14,19-11(14)3)12-4-6-13(16)7-5-12/h4-7,10-11H,8-9H2,1-3H3. The molecule has 0 amide bonds. The molecule has 1 aromatic rings. The molecule has 3 aliphatic rings. The van der Waals surface area contributed by atoms with Crippen LogP contribution in [0.25, 0.3) is 0 Å². The van der Waals surface area contributed by atoms with Crippen LogP contribution in [0.4, 0.5) is 0 Å². The molecule has 0 N–H and O–H groups in total. The Balaban J connectivity index is 1.92. The molecule has 2 bridgehead atoms. The van der Waals surface area contributed by atoms with E-state index in [4.69, 9.17) is 25.8 Å². The van der Waals surface area contributed by atoms with E-state index in [-0.39, 0.29) is 11.5 Å². The van der Waals surface area contributed by atoms with Gasteiger partial charge in [-0.3, -0.25) is 0 Å². The predicted octanol–water partition coefficient (Wildman–Crippen LogP) is 3.56. The number of ether oxygens (including phenoxy) is 3. The molecule has 19 heavy (non-hydrogen) atoms. The van der Waals surface area contributed by atoms with E-state index in [1.807, 2.05) is 24.3 Å². The van der Waals surface area contributed by atoms with Gasteiger partial charge in [-0.05, 0) is 37.1 Å². The largest absolute Gasteiger partial charge is 0.323 e. The SMILES string of the molecule is CC(C)C12COC(c3ccc(Cl)cc3)(OC1)OC2C. The van der Waals surface area contributed by atoms with E-state index in [0.717, 1.165) is 5.56 Å². The van der Waals surface area contributed by atoms with E-state index in [9.17, 15) is 0 Å². The van der Waals surface area contributed by atoms with Gasteiger partial charge in [0.2, 0.25) is 0 Å². The van der Waals surface area contributed by atoms with Crippen LogP contribution < -0.4 is 0 Å². The smallest absolute Gasteiger partial charge is 0.312 e. The number of benzene rings is 1. The van der Waals surface area contributed by atoms with E-state index in [0.29, 0.717) is 24.2 Å². The van der Waals surface area contributed by atoms with Crippen LogP contribution in [0.1, 0.15) is 26.3 Å². The highest BCUT2D eigenvalue weighted by atomic mass is 35.5. The van der Waals surface area contributed by atoms with E-state index in [1.54, 1.807) is 0 Å². The summed E-state index contributed by atoms with van der Waals surface area (Å²) in [6, 6.07) is 7.43. The lowest BCUT2D eigenvalue weighted by Crippen LogP contribution is -2.64. The van der Waals surface area contributed by atoms with Gasteiger partial charge >= 0.3 is 5.97 Å². The third-order valence-corrected chi connectivity index (χ3v) is 4.80. The Bertz CT molecular complexity index is 461. The fourth-order valence-electron chi connectivity index (χ4n) is 2.89. The first-order valence-electron chi connectivity index (χ1n) is 6.70. The van der Waals surface area contributed by atoms with Gasteiger partial charge in [0.25, 0.3) is 0 Å². The number of hydrogen-bond acceptors (Lipinski definition) is 3. The van der Waals surface area contributed by atoms with Crippen molar-refractivity contribution < 1.29 is 14.2 Å². The molecule has 1 unspecified atom stereocenters. The molecular formula is C15H19ClO3. The van der Waals surface area contributed by atoms with E-state index in [2.05, 4.69) is 20.8 Å². The molecule has 3 aliphatic heterocycles. The highest BCUT2D eigenvalue weighted by Gasteiger charge is 2.58. The fourth-order valence-corrected chi connectivity index (χ4v) is 3.01. The Morgan fingerprint density at radius 1 is 1.16 bits per heavy atom. The Hall–Kier alpha value is -0.610. The van der Waals surface area contributed by atoms with Crippen LogP contribution >= 0.6 is 11.6 Å². The second-order valence-electron chi connectivity index (χ2n) is 5.79. The average Bonchev–Trinajstić information content (AvgIpc) is 2.40. The third kappa shape index (κ3) is 1.91. The molecule has 0 aliphatic carbocycles. The normalized spacial score (nSPS) is 37.8. The second kappa shape index (κ2) is 4.45. The molecule has 1 atom stereocenters. The van der Waals surface area contributed by atoms with Gasteiger partial charge < -0.3 is 14.2 Å². The molecule has 0 spiro atoms. The zero-order valence-corrected chi connectivity index (χ0v) is 12.2. The lowest BCUT2D eigenvalue weighted by atomic mass is 9.72. The Morgan fingerprint density at radius 2 is 1.74 bits per heavy atom. The summed E-state index contributed by atoms with van der Waals surface area (Å²) in [4.78, 5) is 0. The summed E-state index contributed by atoms with van der Waals surface area (Å²) in [7, 11) is 0. The molecule has 0 aromatic heterocycles. The first-order chi connectivity index (χ1) is 8.98. The molecule has 3 fully saturated rings. The summed E-state index contributed by atoms with van der Waals surface area (Å²) in [6.45, 7) is 7.80. The first-order valence-corrected chi connectivity index (χ1v) is 7.08.